The predicted octanol–water partition coefficient (Wildman–Crippen LogP) is 4.82. The second kappa shape index (κ2) is 6.82. The molecule has 1 unspecified atom stereocenters. The number of nitrogens with one attached hydrogen (secondary N) is 1. The molecule has 0 spiro atoms. The molecule has 1 aliphatic carbocycles. The van der Waals surface area contributed by atoms with Crippen LogP contribution in [0.15, 0.2) is 30.3 Å². The van der Waals surface area contributed by atoms with Crippen molar-refractivity contribution in [1.29, 1.82) is 0 Å². The first kappa shape index (κ1) is 16.3. The molecule has 1 aromatic carbocycles. The van der Waals surface area contributed by atoms with Crippen LogP contribution in [0.4, 0.5) is 13.2 Å². The fraction of sp³-hybridized carbons (Fsp3) is 0.647. The van der Waals surface area contributed by atoms with E-state index in [0.717, 1.165) is 25.8 Å². The second-order valence-corrected chi connectivity index (χ2v) is 6.04. The molecule has 4 heteroatoms. The number of halogens is 3. The zero-order chi connectivity index (χ0) is 15.3. The van der Waals surface area contributed by atoms with Crippen molar-refractivity contribution in [3.8, 4) is 0 Å². The molecule has 2 rings (SSSR count). The lowest BCUT2D eigenvalue weighted by Gasteiger charge is -2.29. The summed E-state index contributed by atoms with van der Waals surface area (Å²) in [5.41, 5.74) is 1.33. The Morgan fingerprint density at radius 2 is 1.86 bits per heavy atom. The van der Waals surface area contributed by atoms with E-state index in [9.17, 15) is 13.2 Å². The molecular weight excluding hydrogens is 275 g/mol. The summed E-state index contributed by atoms with van der Waals surface area (Å²) in [4.78, 5) is 0. The third kappa shape index (κ3) is 4.47. The highest BCUT2D eigenvalue weighted by atomic mass is 19.4. The van der Waals surface area contributed by atoms with Gasteiger partial charge in [-0.3, -0.25) is 0 Å². The standard InChI is InChI=1S/C17H24F3N/c1-2-13-21-15(9-6-10-17(18,19)20)16(11-12-16)14-7-4-3-5-8-14/h3-5,7-8,15,21H,2,6,9-13H2,1H3. The Labute approximate surface area is 124 Å². The molecule has 0 radical (unpaired) electrons. The molecule has 1 fully saturated rings. The van der Waals surface area contributed by atoms with Crippen LogP contribution < -0.4 is 5.32 Å². The van der Waals surface area contributed by atoms with Crippen LogP contribution in [0.3, 0.4) is 0 Å². The van der Waals surface area contributed by atoms with Crippen molar-refractivity contribution in [2.24, 2.45) is 0 Å². The number of hydrogen-bond donors (Lipinski definition) is 1. The third-order valence-corrected chi connectivity index (χ3v) is 4.40. The second-order valence-electron chi connectivity index (χ2n) is 6.04. The lowest BCUT2D eigenvalue weighted by atomic mass is 9.85. The van der Waals surface area contributed by atoms with Crippen molar-refractivity contribution in [2.75, 3.05) is 6.54 Å². The molecule has 1 saturated carbocycles. The molecule has 0 amide bonds. The Hall–Kier alpha value is -1.03. The summed E-state index contributed by atoms with van der Waals surface area (Å²) in [5.74, 6) is 0. The minimum atomic E-state index is -4.04. The van der Waals surface area contributed by atoms with E-state index in [2.05, 4.69) is 24.4 Å². The molecule has 1 aromatic rings. The first-order chi connectivity index (χ1) is 9.98. The number of alkyl halides is 3. The molecule has 1 N–H and O–H groups in total. The van der Waals surface area contributed by atoms with Crippen LogP contribution in [0.2, 0.25) is 0 Å². The van der Waals surface area contributed by atoms with Crippen LogP contribution in [0.5, 0.6) is 0 Å². The topological polar surface area (TPSA) is 12.0 Å². The van der Waals surface area contributed by atoms with Gasteiger partial charge in [0.05, 0.1) is 0 Å². The van der Waals surface area contributed by atoms with E-state index >= 15 is 0 Å². The van der Waals surface area contributed by atoms with E-state index < -0.39 is 12.6 Å². The molecule has 0 heterocycles. The number of rotatable bonds is 8. The van der Waals surface area contributed by atoms with Gasteiger partial charge in [-0.05, 0) is 44.2 Å². The average molecular weight is 299 g/mol. The van der Waals surface area contributed by atoms with E-state index in [-0.39, 0.29) is 17.9 Å². The maximum atomic E-state index is 12.4. The zero-order valence-electron chi connectivity index (χ0n) is 12.5. The Morgan fingerprint density at radius 3 is 2.38 bits per heavy atom. The molecule has 118 valence electrons. The van der Waals surface area contributed by atoms with Gasteiger partial charge in [0.25, 0.3) is 0 Å². The summed E-state index contributed by atoms with van der Waals surface area (Å²) in [7, 11) is 0. The molecule has 0 bridgehead atoms. The van der Waals surface area contributed by atoms with Gasteiger partial charge in [-0.2, -0.15) is 13.2 Å². The van der Waals surface area contributed by atoms with E-state index in [1.165, 1.54) is 5.56 Å². The largest absolute Gasteiger partial charge is 0.389 e. The first-order valence-electron chi connectivity index (χ1n) is 7.83. The molecule has 0 aromatic heterocycles. The summed E-state index contributed by atoms with van der Waals surface area (Å²) in [5, 5.41) is 3.49. The quantitative estimate of drug-likeness (QED) is 0.725. The fourth-order valence-corrected chi connectivity index (χ4v) is 3.14. The summed E-state index contributed by atoms with van der Waals surface area (Å²) in [6.45, 7) is 2.95. The van der Waals surface area contributed by atoms with Crippen molar-refractivity contribution in [3.63, 3.8) is 0 Å². The van der Waals surface area contributed by atoms with Gasteiger partial charge in [0.15, 0.2) is 0 Å². The Bertz CT molecular complexity index is 423. The van der Waals surface area contributed by atoms with Crippen molar-refractivity contribution in [2.45, 2.75) is 63.1 Å². The molecule has 0 aliphatic heterocycles. The number of hydrogen-bond acceptors (Lipinski definition) is 1. The first-order valence-corrected chi connectivity index (χ1v) is 7.83. The summed E-state index contributed by atoms with van der Waals surface area (Å²) < 4.78 is 37.1. The monoisotopic (exact) mass is 299 g/mol. The van der Waals surface area contributed by atoms with Crippen LogP contribution >= 0.6 is 0 Å². The third-order valence-electron chi connectivity index (χ3n) is 4.40. The minimum Gasteiger partial charge on any atom is -0.313 e. The summed E-state index contributed by atoms with van der Waals surface area (Å²) >= 11 is 0. The van der Waals surface area contributed by atoms with Gasteiger partial charge in [0, 0.05) is 17.9 Å². The van der Waals surface area contributed by atoms with Gasteiger partial charge in [0.1, 0.15) is 0 Å². The maximum Gasteiger partial charge on any atom is 0.389 e. The van der Waals surface area contributed by atoms with Gasteiger partial charge in [-0.15, -0.1) is 0 Å². The zero-order valence-corrected chi connectivity index (χ0v) is 12.5. The molecule has 1 nitrogen and oxygen atoms in total. The SMILES string of the molecule is CCCNC(CCCC(F)(F)F)C1(c2ccccc2)CC1. The lowest BCUT2D eigenvalue weighted by molar-refractivity contribution is -0.135. The maximum absolute atomic E-state index is 12.4. The summed E-state index contributed by atoms with van der Waals surface area (Å²) in [6, 6.07) is 10.4. The Kier molecular flexibility index (Phi) is 5.31. The number of benzene rings is 1. The van der Waals surface area contributed by atoms with Crippen molar-refractivity contribution < 1.29 is 13.2 Å². The van der Waals surface area contributed by atoms with E-state index in [1.54, 1.807) is 0 Å². The van der Waals surface area contributed by atoms with Crippen LogP contribution in [0.25, 0.3) is 0 Å². The van der Waals surface area contributed by atoms with Crippen molar-refractivity contribution in [3.05, 3.63) is 35.9 Å². The Morgan fingerprint density at radius 1 is 1.19 bits per heavy atom. The molecule has 1 aliphatic rings. The van der Waals surface area contributed by atoms with Crippen LogP contribution in [0.1, 0.15) is 51.0 Å². The average Bonchev–Trinajstić information content (AvgIpc) is 3.24. The van der Waals surface area contributed by atoms with Gasteiger partial charge in [-0.25, -0.2) is 0 Å². The van der Waals surface area contributed by atoms with Crippen LogP contribution in [-0.2, 0) is 5.41 Å². The van der Waals surface area contributed by atoms with Gasteiger partial charge < -0.3 is 5.32 Å². The molecule has 0 saturated heterocycles. The Balaban J connectivity index is 2.02. The summed E-state index contributed by atoms with van der Waals surface area (Å²) in [6.07, 6.45) is -0.774. The van der Waals surface area contributed by atoms with Gasteiger partial charge >= 0.3 is 6.18 Å². The molecule has 1 atom stereocenters. The van der Waals surface area contributed by atoms with Gasteiger partial charge in [-0.1, -0.05) is 37.3 Å². The highest BCUT2D eigenvalue weighted by molar-refractivity contribution is 5.33. The molecule has 21 heavy (non-hydrogen) atoms. The minimum absolute atomic E-state index is 0.0576. The molecular formula is C17H24F3N. The normalized spacial score (nSPS) is 18.5. The van der Waals surface area contributed by atoms with Crippen LogP contribution in [-0.4, -0.2) is 18.8 Å². The van der Waals surface area contributed by atoms with Crippen LogP contribution in [0, 0.1) is 0 Å². The van der Waals surface area contributed by atoms with Gasteiger partial charge in [0.2, 0.25) is 0 Å². The predicted molar refractivity (Wildman–Crippen MR) is 79.3 cm³/mol. The van der Waals surface area contributed by atoms with E-state index in [0.29, 0.717) is 6.42 Å². The highest BCUT2D eigenvalue weighted by Gasteiger charge is 2.50. The van der Waals surface area contributed by atoms with Crippen molar-refractivity contribution >= 4 is 0 Å². The lowest BCUT2D eigenvalue weighted by Crippen LogP contribution is -2.40. The smallest absolute Gasteiger partial charge is 0.313 e. The van der Waals surface area contributed by atoms with Crippen molar-refractivity contribution in [1.82, 2.24) is 5.32 Å². The fourth-order valence-electron chi connectivity index (χ4n) is 3.14. The van der Waals surface area contributed by atoms with E-state index in [4.69, 9.17) is 0 Å². The van der Waals surface area contributed by atoms with E-state index in [1.807, 2.05) is 18.2 Å². The highest BCUT2D eigenvalue weighted by Crippen LogP contribution is 2.52.